The van der Waals surface area contributed by atoms with Crippen molar-refractivity contribution in [2.24, 2.45) is 0 Å². The van der Waals surface area contributed by atoms with E-state index in [-0.39, 0.29) is 59.3 Å². The van der Waals surface area contributed by atoms with E-state index in [0.717, 1.165) is 19.3 Å². The number of ether oxygens (including phenoxy) is 2. The van der Waals surface area contributed by atoms with Crippen LogP contribution in [0.3, 0.4) is 0 Å². The van der Waals surface area contributed by atoms with E-state index in [1.54, 1.807) is 7.11 Å². The number of nitrogens with zero attached hydrogens (tertiary/aromatic N) is 1. The summed E-state index contributed by atoms with van der Waals surface area (Å²) in [6, 6.07) is 0. The highest BCUT2D eigenvalue weighted by Crippen LogP contribution is 2.29. The van der Waals surface area contributed by atoms with Gasteiger partial charge in [-0.25, -0.2) is 0 Å². The van der Waals surface area contributed by atoms with E-state index in [4.69, 9.17) is 9.47 Å². The number of carbonyl (C=O) groups excluding carboxylic acids is 3. The number of methoxy groups -OCH3 is 1. The lowest BCUT2D eigenvalue weighted by Gasteiger charge is -2.29. The van der Waals surface area contributed by atoms with Crippen molar-refractivity contribution >= 4 is 38.7 Å². The topological polar surface area (TPSA) is 117 Å². The normalized spacial score (nSPS) is 19.0. The fraction of sp³-hybridized carbons (Fsp3) is 0.880. The summed E-state index contributed by atoms with van der Waals surface area (Å²) in [5.74, 6) is -0.399. The molecule has 3 atom stereocenters. The highest BCUT2D eigenvalue weighted by Gasteiger charge is 2.39. The van der Waals surface area contributed by atoms with Crippen LogP contribution in [0, 0.1) is 0 Å². The first-order valence-corrected chi connectivity index (χ1v) is 14.5. The van der Waals surface area contributed by atoms with E-state index in [0.29, 0.717) is 19.6 Å². The zero-order valence-electron chi connectivity index (χ0n) is 23.1. The molecule has 0 radical (unpaired) electrons. The number of hydrogen-bond acceptors (Lipinski definition) is 7. The number of thioether (sulfide) groups is 1. The molecule has 3 unspecified atom stereocenters. The number of nitrogens with one attached hydrogen (secondary N) is 2. The second-order valence-electron chi connectivity index (χ2n) is 10.6. The lowest BCUT2D eigenvalue weighted by molar-refractivity contribution is -0.133. The summed E-state index contributed by atoms with van der Waals surface area (Å²) in [6.07, 6.45) is 2.40. The number of amides is 3. The monoisotopic (exact) mass is 549 g/mol. The molecule has 1 rings (SSSR count). The Morgan fingerprint density at radius 2 is 1.78 bits per heavy atom. The highest BCUT2D eigenvalue weighted by atomic mass is 32.2. The molecule has 3 N–H and O–H groups in total. The summed E-state index contributed by atoms with van der Waals surface area (Å²) in [5, 5.41) is 15.4. The molecule has 0 bridgehead atoms. The van der Waals surface area contributed by atoms with Gasteiger partial charge in [-0.05, 0) is 53.4 Å². The van der Waals surface area contributed by atoms with E-state index in [1.807, 2.05) is 41.5 Å². The standard InChI is InChI=1S/C25H48N3O6PS/c1-8-25(35,9-2)27-20(30)17-36-18-16-21(31)28(22(18)32)14-10-19(29)26-13-11-24(5,6)34-15-12-23(3,4)33-7/h18,21,31H,8-17,35H2,1-7H3,(H,26,29)(H,27,30). The van der Waals surface area contributed by atoms with Crippen LogP contribution in [0.25, 0.3) is 0 Å². The van der Waals surface area contributed by atoms with Gasteiger partial charge in [0.15, 0.2) is 0 Å². The molecule has 0 aromatic carbocycles. The van der Waals surface area contributed by atoms with Gasteiger partial charge in [-0.3, -0.25) is 14.4 Å². The molecule has 0 aromatic rings. The van der Waals surface area contributed by atoms with E-state index in [2.05, 4.69) is 19.9 Å². The average Bonchev–Trinajstić information content (AvgIpc) is 3.08. The van der Waals surface area contributed by atoms with Gasteiger partial charge in [0.2, 0.25) is 17.7 Å². The Balaban J connectivity index is 2.36. The van der Waals surface area contributed by atoms with Gasteiger partial charge in [-0.15, -0.1) is 21.0 Å². The SMILES string of the molecule is CCC(P)(CC)NC(=O)CSC1CC(O)N(CCC(=O)NCCC(C)(C)OCCC(C)(C)OC)C1=O. The second-order valence-corrected chi connectivity index (χ2v) is 12.9. The van der Waals surface area contributed by atoms with Gasteiger partial charge in [-0.1, -0.05) is 13.8 Å². The lowest BCUT2D eigenvalue weighted by atomic mass is 10.0. The smallest absolute Gasteiger partial charge is 0.237 e. The van der Waals surface area contributed by atoms with Crippen molar-refractivity contribution < 1.29 is 29.0 Å². The Labute approximate surface area is 223 Å². The lowest BCUT2D eigenvalue weighted by Crippen LogP contribution is -2.43. The third kappa shape index (κ3) is 11.6. The molecule has 1 fully saturated rings. The van der Waals surface area contributed by atoms with Gasteiger partial charge in [0.1, 0.15) is 6.23 Å². The van der Waals surface area contributed by atoms with Gasteiger partial charge < -0.3 is 30.1 Å². The van der Waals surface area contributed by atoms with Crippen LogP contribution < -0.4 is 10.6 Å². The molecule has 0 aromatic heterocycles. The molecule has 11 heteroatoms. The van der Waals surface area contributed by atoms with Crippen LogP contribution in [-0.4, -0.2) is 88.2 Å². The number of rotatable bonds is 17. The molecular formula is C25H48N3O6PS. The van der Waals surface area contributed by atoms with Crippen LogP contribution in [0.2, 0.25) is 0 Å². The summed E-state index contributed by atoms with van der Waals surface area (Å²) >= 11 is 1.23. The van der Waals surface area contributed by atoms with Crippen LogP contribution in [0.15, 0.2) is 0 Å². The molecule has 210 valence electrons. The zero-order chi connectivity index (χ0) is 27.6. The van der Waals surface area contributed by atoms with E-state index < -0.39 is 11.5 Å². The largest absolute Gasteiger partial charge is 0.379 e. The fourth-order valence-electron chi connectivity index (χ4n) is 3.63. The van der Waals surface area contributed by atoms with Crippen LogP contribution in [-0.2, 0) is 23.9 Å². The van der Waals surface area contributed by atoms with E-state index in [1.165, 1.54) is 16.7 Å². The molecule has 0 spiro atoms. The number of hydrogen-bond donors (Lipinski definition) is 3. The fourth-order valence-corrected chi connectivity index (χ4v) is 4.80. The summed E-state index contributed by atoms with van der Waals surface area (Å²) < 4.78 is 11.4. The number of carbonyl (C=O) groups is 3. The summed E-state index contributed by atoms with van der Waals surface area (Å²) in [4.78, 5) is 38.7. The van der Waals surface area contributed by atoms with Crippen molar-refractivity contribution in [3.63, 3.8) is 0 Å². The third-order valence-electron chi connectivity index (χ3n) is 6.79. The van der Waals surface area contributed by atoms with Gasteiger partial charge in [0.25, 0.3) is 0 Å². The first kappa shape index (κ1) is 33.1. The average molecular weight is 550 g/mol. The Kier molecular flexibility index (Phi) is 13.7. The minimum atomic E-state index is -0.943. The van der Waals surface area contributed by atoms with Crippen molar-refractivity contribution in [3.05, 3.63) is 0 Å². The molecule has 0 aliphatic carbocycles. The third-order valence-corrected chi connectivity index (χ3v) is 8.97. The van der Waals surface area contributed by atoms with Crippen LogP contribution in [0.1, 0.15) is 80.1 Å². The summed E-state index contributed by atoms with van der Waals surface area (Å²) in [6.45, 7) is 13.2. The molecule has 1 aliphatic rings. The summed E-state index contributed by atoms with van der Waals surface area (Å²) in [7, 11) is 4.37. The molecule has 9 nitrogen and oxygen atoms in total. The first-order valence-electron chi connectivity index (χ1n) is 12.8. The summed E-state index contributed by atoms with van der Waals surface area (Å²) in [5.41, 5.74) is -0.629. The minimum absolute atomic E-state index is 0.104. The number of likely N-dealkylation sites (tertiary alicyclic amines) is 1. The molecule has 3 amide bonds. The van der Waals surface area contributed by atoms with E-state index in [9.17, 15) is 19.5 Å². The van der Waals surface area contributed by atoms with Gasteiger partial charge >= 0.3 is 0 Å². The predicted molar refractivity (Wildman–Crippen MR) is 148 cm³/mol. The van der Waals surface area contributed by atoms with Crippen LogP contribution >= 0.6 is 21.0 Å². The van der Waals surface area contributed by atoms with Crippen molar-refractivity contribution in [3.8, 4) is 0 Å². The maximum Gasteiger partial charge on any atom is 0.237 e. The number of aliphatic hydroxyl groups excluding tert-OH is 1. The molecule has 0 saturated carbocycles. The predicted octanol–water partition coefficient (Wildman–Crippen LogP) is 2.65. The number of aliphatic hydroxyl groups is 1. The quantitative estimate of drug-likeness (QED) is 0.239. The molecule has 1 saturated heterocycles. The van der Waals surface area contributed by atoms with Gasteiger partial charge in [0, 0.05) is 33.0 Å². The Hall–Kier alpha value is -0.930. The highest BCUT2D eigenvalue weighted by molar-refractivity contribution is 8.01. The Bertz CT molecular complexity index is 733. The van der Waals surface area contributed by atoms with Crippen LogP contribution in [0.5, 0.6) is 0 Å². The minimum Gasteiger partial charge on any atom is -0.379 e. The van der Waals surface area contributed by atoms with Gasteiger partial charge in [-0.2, -0.15) is 0 Å². The molecule has 36 heavy (non-hydrogen) atoms. The zero-order valence-corrected chi connectivity index (χ0v) is 25.1. The maximum absolute atomic E-state index is 12.7. The van der Waals surface area contributed by atoms with Crippen LogP contribution in [0.4, 0.5) is 0 Å². The molecule has 1 aliphatic heterocycles. The van der Waals surface area contributed by atoms with Crippen molar-refractivity contribution in [2.45, 2.75) is 108 Å². The van der Waals surface area contributed by atoms with Gasteiger partial charge in [0.05, 0.1) is 34.1 Å². The van der Waals surface area contributed by atoms with Crippen molar-refractivity contribution in [1.82, 2.24) is 15.5 Å². The maximum atomic E-state index is 12.7. The molecule has 1 heterocycles. The second kappa shape index (κ2) is 14.9. The Morgan fingerprint density at radius 1 is 1.14 bits per heavy atom. The van der Waals surface area contributed by atoms with E-state index >= 15 is 0 Å². The molecular weight excluding hydrogens is 501 g/mol. The first-order chi connectivity index (χ1) is 16.7. The van der Waals surface area contributed by atoms with Crippen molar-refractivity contribution in [2.75, 3.05) is 32.6 Å². The Morgan fingerprint density at radius 3 is 2.36 bits per heavy atom. The van der Waals surface area contributed by atoms with Crippen molar-refractivity contribution in [1.29, 1.82) is 0 Å².